The minimum absolute atomic E-state index is 0.172. The molecule has 1 rings (SSSR count). The number of hydrogen-bond donors (Lipinski definition) is 3. The van der Waals surface area contributed by atoms with Crippen LogP contribution in [0.5, 0.6) is 0 Å². The van der Waals surface area contributed by atoms with Crippen LogP contribution in [0.4, 0.5) is 0 Å². The van der Waals surface area contributed by atoms with Crippen LogP contribution in [-0.4, -0.2) is 34.2 Å². The number of carboxylic acid groups (broad SMARTS) is 2. The Morgan fingerprint density at radius 1 is 1.33 bits per heavy atom. The molecular formula is C7H11NO4. The van der Waals surface area contributed by atoms with Crippen molar-refractivity contribution in [2.75, 3.05) is 0 Å². The minimum Gasteiger partial charge on any atom is -0.481 e. The zero-order valence-corrected chi connectivity index (χ0v) is 6.65. The summed E-state index contributed by atoms with van der Waals surface area (Å²) in [5.41, 5.74) is 0. The fraction of sp³-hybridized carbons (Fsp3) is 0.714. The van der Waals surface area contributed by atoms with Gasteiger partial charge in [0.2, 0.25) is 0 Å². The van der Waals surface area contributed by atoms with Crippen LogP contribution in [-0.2, 0) is 9.59 Å². The van der Waals surface area contributed by atoms with Gasteiger partial charge >= 0.3 is 11.9 Å². The summed E-state index contributed by atoms with van der Waals surface area (Å²) in [7, 11) is 0. The standard InChI is InChI=1S/C7H11NO4/c1-3-4(6(9)10)2-5(8-3)7(11)12/h3-5,8H,2H2,1H3,(H,9,10)(H,11,12)/t3-,4-,5-/m0/s1. The molecule has 5 heteroatoms. The van der Waals surface area contributed by atoms with Crippen molar-refractivity contribution in [1.82, 2.24) is 5.32 Å². The van der Waals surface area contributed by atoms with Gasteiger partial charge in [-0.2, -0.15) is 0 Å². The smallest absolute Gasteiger partial charge is 0.320 e. The lowest BCUT2D eigenvalue weighted by molar-refractivity contribution is -0.142. The minimum atomic E-state index is -0.981. The van der Waals surface area contributed by atoms with Crippen LogP contribution in [0.2, 0.25) is 0 Å². The highest BCUT2D eigenvalue weighted by molar-refractivity contribution is 5.78. The third-order valence-electron chi connectivity index (χ3n) is 2.17. The molecule has 0 amide bonds. The highest BCUT2D eigenvalue weighted by atomic mass is 16.4. The molecule has 0 aromatic heterocycles. The van der Waals surface area contributed by atoms with Crippen LogP contribution >= 0.6 is 0 Å². The lowest BCUT2D eigenvalue weighted by atomic mass is 10.0. The molecule has 1 saturated heterocycles. The Hall–Kier alpha value is -1.10. The predicted molar refractivity (Wildman–Crippen MR) is 39.8 cm³/mol. The van der Waals surface area contributed by atoms with Gasteiger partial charge in [0, 0.05) is 6.04 Å². The van der Waals surface area contributed by atoms with Gasteiger partial charge in [-0.3, -0.25) is 9.59 Å². The van der Waals surface area contributed by atoms with Gasteiger partial charge in [0.1, 0.15) is 6.04 Å². The number of hydrogen-bond acceptors (Lipinski definition) is 3. The number of aliphatic carboxylic acids is 2. The van der Waals surface area contributed by atoms with E-state index in [0.29, 0.717) is 0 Å². The van der Waals surface area contributed by atoms with E-state index >= 15 is 0 Å². The Bertz CT molecular complexity index is 215. The first-order valence-corrected chi connectivity index (χ1v) is 3.74. The van der Waals surface area contributed by atoms with Crippen LogP contribution < -0.4 is 5.32 Å². The van der Waals surface area contributed by atoms with E-state index in [1.165, 1.54) is 0 Å². The van der Waals surface area contributed by atoms with E-state index in [4.69, 9.17) is 10.2 Å². The molecule has 1 aliphatic rings. The first-order valence-electron chi connectivity index (χ1n) is 3.74. The largest absolute Gasteiger partial charge is 0.481 e. The predicted octanol–water partition coefficient (Wildman–Crippen LogP) is -0.478. The Morgan fingerprint density at radius 2 is 1.92 bits per heavy atom. The molecule has 12 heavy (non-hydrogen) atoms. The van der Waals surface area contributed by atoms with Gasteiger partial charge in [-0.1, -0.05) is 0 Å². The Morgan fingerprint density at radius 3 is 2.17 bits per heavy atom. The average molecular weight is 173 g/mol. The maximum atomic E-state index is 10.5. The Kier molecular flexibility index (Phi) is 2.32. The molecule has 0 saturated carbocycles. The fourth-order valence-corrected chi connectivity index (χ4v) is 1.45. The monoisotopic (exact) mass is 173 g/mol. The Labute approximate surface area is 69.4 Å². The third-order valence-corrected chi connectivity index (χ3v) is 2.17. The van der Waals surface area contributed by atoms with Gasteiger partial charge < -0.3 is 15.5 Å². The van der Waals surface area contributed by atoms with E-state index < -0.39 is 23.9 Å². The van der Waals surface area contributed by atoms with Crippen molar-refractivity contribution in [3.8, 4) is 0 Å². The summed E-state index contributed by atoms with van der Waals surface area (Å²) < 4.78 is 0. The molecule has 1 heterocycles. The molecule has 1 aliphatic heterocycles. The summed E-state index contributed by atoms with van der Waals surface area (Å²) >= 11 is 0. The molecule has 0 aromatic rings. The van der Waals surface area contributed by atoms with Crippen molar-refractivity contribution >= 4 is 11.9 Å². The molecule has 5 nitrogen and oxygen atoms in total. The van der Waals surface area contributed by atoms with E-state index in [1.807, 2.05) is 0 Å². The van der Waals surface area contributed by atoms with Crippen LogP contribution in [0.25, 0.3) is 0 Å². The number of nitrogens with one attached hydrogen (secondary N) is 1. The van der Waals surface area contributed by atoms with E-state index in [9.17, 15) is 9.59 Å². The normalized spacial score (nSPS) is 34.9. The molecule has 0 bridgehead atoms. The second kappa shape index (κ2) is 3.10. The van der Waals surface area contributed by atoms with Gasteiger partial charge in [0.15, 0.2) is 0 Å². The lowest BCUT2D eigenvalue weighted by Gasteiger charge is -2.07. The number of carboxylic acids is 2. The van der Waals surface area contributed by atoms with E-state index in [-0.39, 0.29) is 12.5 Å². The molecule has 0 radical (unpaired) electrons. The molecule has 3 N–H and O–H groups in total. The van der Waals surface area contributed by atoms with Crippen molar-refractivity contribution < 1.29 is 19.8 Å². The molecule has 68 valence electrons. The first kappa shape index (κ1) is 8.99. The summed E-state index contributed by atoms with van der Waals surface area (Å²) in [6.45, 7) is 1.68. The highest BCUT2D eigenvalue weighted by Gasteiger charge is 2.38. The van der Waals surface area contributed by atoms with Crippen molar-refractivity contribution in [1.29, 1.82) is 0 Å². The topological polar surface area (TPSA) is 86.6 Å². The molecular weight excluding hydrogens is 162 g/mol. The molecule has 3 atom stereocenters. The van der Waals surface area contributed by atoms with Crippen molar-refractivity contribution in [2.24, 2.45) is 5.92 Å². The zero-order chi connectivity index (χ0) is 9.30. The molecule has 0 aliphatic carbocycles. The summed E-state index contributed by atoms with van der Waals surface area (Å²) in [6.07, 6.45) is 0.172. The highest BCUT2D eigenvalue weighted by Crippen LogP contribution is 2.20. The third kappa shape index (κ3) is 1.55. The van der Waals surface area contributed by atoms with Crippen molar-refractivity contribution in [3.05, 3.63) is 0 Å². The second-order valence-corrected chi connectivity index (χ2v) is 3.03. The van der Waals surface area contributed by atoms with Crippen molar-refractivity contribution in [2.45, 2.75) is 25.4 Å². The quantitative estimate of drug-likeness (QED) is 0.525. The summed E-state index contributed by atoms with van der Waals surface area (Å²) in [4.78, 5) is 21.0. The Balaban J connectivity index is 2.62. The van der Waals surface area contributed by atoms with E-state index in [1.54, 1.807) is 6.92 Å². The van der Waals surface area contributed by atoms with E-state index in [2.05, 4.69) is 5.32 Å². The molecule has 1 fully saturated rings. The fourth-order valence-electron chi connectivity index (χ4n) is 1.45. The van der Waals surface area contributed by atoms with Crippen LogP contribution in [0, 0.1) is 5.92 Å². The maximum Gasteiger partial charge on any atom is 0.320 e. The maximum absolute atomic E-state index is 10.5. The summed E-state index contributed by atoms with van der Waals surface area (Å²) in [6, 6.07) is -0.968. The van der Waals surface area contributed by atoms with Gasteiger partial charge in [-0.15, -0.1) is 0 Å². The number of carbonyl (C=O) groups is 2. The van der Waals surface area contributed by atoms with Crippen LogP contribution in [0.1, 0.15) is 13.3 Å². The molecule has 0 spiro atoms. The molecule has 0 unspecified atom stereocenters. The van der Waals surface area contributed by atoms with Crippen LogP contribution in [0.15, 0.2) is 0 Å². The van der Waals surface area contributed by atoms with Gasteiger partial charge in [0.25, 0.3) is 0 Å². The molecule has 0 aromatic carbocycles. The lowest BCUT2D eigenvalue weighted by Crippen LogP contribution is -2.35. The van der Waals surface area contributed by atoms with E-state index in [0.717, 1.165) is 0 Å². The number of rotatable bonds is 2. The summed E-state index contributed by atoms with van der Waals surface area (Å²) in [5, 5.41) is 19.9. The SMILES string of the molecule is C[C@@H]1N[C@H](C(=O)O)C[C@@H]1C(=O)O. The van der Waals surface area contributed by atoms with Gasteiger partial charge in [-0.25, -0.2) is 0 Å². The van der Waals surface area contributed by atoms with Crippen LogP contribution in [0.3, 0.4) is 0 Å². The first-order chi connectivity index (χ1) is 5.52. The summed E-state index contributed by atoms with van der Waals surface area (Å²) in [5.74, 6) is -2.49. The van der Waals surface area contributed by atoms with Gasteiger partial charge in [-0.05, 0) is 13.3 Å². The zero-order valence-electron chi connectivity index (χ0n) is 6.65. The average Bonchev–Trinajstić information content (AvgIpc) is 2.30. The second-order valence-electron chi connectivity index (χ2n) is 3.03. The van der Waals surface area contributed by atoms with Gasteiger partial charge in [0.05, 0.1) is 5.92 Å². The van der Waals surface area contributed by atoms with Crippen molar-refractivity contribution in [3.63, 3.8) is 0 Å².